The molecule has 1 aliphatic rings. The van der Waals surface area contributed by atoms with Gasteiger partial charge in [0.05, 0.1) is 6.10 Å². The summed E-state index contributed by atoms with van der Waals surface area (Å²) in [4.78, 5) is 10.7. The molecule has 0 aliphatic heterocycles. The number of hydrogen-bond acceptors (Lipinski definition) is 2. The highest BCUT2D eigenvalue weighted by molar-refractivity contribution is 5.67. The summed E-state index contributed by atoms with van der Waals surface area (Å²) in [5, 5.41) is 18.7. The molecule has 92 valence electrons. The number of aliphatic hydroxyl groups is 1. The highest BCUT2D eigenvalue weighted by Gasteiger charge is 2.29. The molecule has 1 aromatic carbocycles. The second-order valence-electron chi connectivity index (χ2n) is 4.93. The molecular formula is C14H18O3. The van der Waals surface area contributed by atoms with Gasteiger partial charge in [-0.2, -0.15) is 0 Å². The second-order valence-corrected chi connectivity index (χ2v) is 4.93. The number of benzene rings is 1. The molecule has 0 radical (unpaired) electrons. The van der Waals surface area contributed by atoms with E-state index in [2.05, 4.69) is 12.1 Å². The zero-order chi connectivity index (χ0) is 12.3. The van der Waals surface area contributed by atoms with Crippen LogP contribution in [0.3, 0.4) is 0 Å². The number of aliphatic hydroxyl groups excluding tert-OH is 1. The molecule has 0 spiro atoms. The van der Waals surface area contributed by atoms with Gasteiger partial charge >= 0.3 is 5.97 Å². The zero-order valence-electron chi connectivity index (χ0n) is 9.75. The van der Waals surface area contributed by atoms with E-state index in [1.165, 1.54) is 5.56 Å². The maximum atomic E-state index is 10.7. The largest absolute Gasteiger partial charge is 0.481 e. The molecule has 1 fully saturated rings. The minimum Gasteiger partial charge on any atom is -0.481 e. The third kappa shape index (κ3) is 3.30. The lowest BCUT2D eigenvalue weighted by molar-refractivity contribution is -0.138. The molecule has 0 amide bonds. The first-order valence-corrected chi connectivity index (χ1v) is 6.10. The highest BCUT2D eigenvalue weighted by Crippen LogP contribution is 2.37. The number of hydrogen-bond donors (Lipinski definition) is 2. The first kappa shape index (κ1) is 12.1. The second kappa shape index (κ2) is 5.32. The Balaban J connectivity index is 2.06. The number of rotatable bonds is 3. The van der Waals surface area contributed by atoms with Crippen molar-refractivity contribution in [2.45, 2.75) is 37.7 Å². The number of carboxylic acids is 1. The molecule has 2 N–H and O–H groups in total. The van der Waals surface area contributed by atoms with Crippen LogP contribution in [0.2, 0.25) is 0 Å². The molecule has 0 saturated heterocycles. The topological polar surface area (TPSA) is 57.5 Å². The Labute approximate surface area is 101 Å². The fraction of sp³-hybridized carbons (Fsp3) is 0.500. The van der Waals surface area contributed by atoms with Crippen molar-refractivity contribution in [2.24, 2.45) is 5.92 Å². The van der Waals surface area contributed by atoms with Crippen LogP contribution < -0.4 is 0 Å². The van der Waals surface area contributed by atoms with Gasteiger partial charge in [0.2, 0.25) is 0 Å². The maximum Gasteiger partial charge on any atom is 0.303 e. The van der Waals surface area contributed by atoms with Gasteiger partial charge in [-0.1, -0.05) is 30.3 Å². The Bertz CT molecular complexity index is 374. The van der Waals surface area contributed by atoms with Crippen molar-refractivity contribution < 1.29 is 15.0 Å². The van der Waals surface area contributed by atoms with Crippen LogP contribution in [0.25, 0.3) is 0 Å². The predicted octanol–water partition coefficient (Wildman–Crippen LogP) is 2.41. The quantitative estimate of drug-likeness (QED) is 0.844. The van der Waals surface area contributed by atoms with Crippen LogP contribution in [-0.2, 0) is 4.79 Å². The molecule has 1 aromatic rings. The summed E-state index contributed by atoms with van der Waals surface area (Å²) < 4.78 is 0. The highest BCUT2D eigenvalue weighted by atomic mass is 16.4. The SMILES string of the molecule is O=C(O)C[C@H]1C[C@@H](O)C[C@@H](c2ccccc2)C1. The van der Waals surface area contributed by atoms with E-state index in [9.17, 15) is 9.90 Å². The minimum absolute atomic E-state index is 0.0986. The molecule has 0 heterocycles. The molecule has 3 heteroatoms. The third-order valence-corrected chi connectivity index (χ3v) is 3.51. The first-order valence-electron chi connectivity index (χ1n) is 6.10. The summed E-state index contributed by atoms with van der Waals surface area (Å²) >= 11 is 0. The van der Waals surface area contributed by atoms with Crippen LogP contribution >= 0.6 is 0 Å². The molecule has 0 bridgehead atoms. The van der Waals surface area contributed by atoms with Crippen LogP contribution in [0.1, 0.15) is 37.2 Å². The van der Waals surface area contributed by atoms with E-state index in [0.717, 1.165) is 12.8 Å². The lowest BCUT2D eigenvalue weighted by Crippen LogP contribution is -2.26. The summed E-state index contributed by atoms with van der Waals surface area (Å²) in [5.74, 6) is -0.373. The van der Waals surface area contributed by atoms with E-state index in [-0.39, 0.29) is 18.4 Å². The van der Waals surface area contributed by atoms with E-state index >= 15 is 0 Å². The smallest absolute Gasteiger partial charge is 0.303 e. The van der Waals surface area contributed by atoms with Crippen molar-refractivity contribution in [3.05, 3.63) is 35.9 Å². The fourth-order valence-corrected chi connectivity index (χ4v) is 2.82. The molecule has 2 rings (SSSR count). The van der Waals surface area contributed by atoms with Crippen LogP contribution in [-0.4, -0.2) is 22.3 Å². The predicted molar refractivity (Wildman–Crippen MR) is 64.8 cm³/mol. The molecule has 17 heavy (non-hydrogen) atoms. The number of aliphatic carboxylic acids is 1. The van der Waals surface area contributed by atoms with Crippen molar-refractivity contribution in [1.82, 2.24) is 0 Å². The Hall–Kier alpha value is -1.35. The van der Waals surface area contributed by atoms with Crippen LogP contribution in [0, 0.1) is 5.92 Å². The van der Waals surface area contributed by atoms with Gasteiger partial charge in [0.15, 0.2) is 0 Å². The van der Waals surface area contributed by atoms with E-state index in [0.29, 0.717) is 12.3 Å². The van der Waals surface area contributed by atoms with Gasteiger partial charge in [0.1, 0.15) is 0 Å². The Morgan fingerprint density at radius 3 is 2.53 bits per heavy atom. The van der Waals surface area contributed by atoms with Crippen LogP contribution in [0.15, 0.2) is 30.3 Å². The van der Waals surface area contributed by atoms with Crippen LogP contribution in [0.4, 0.5) is 0 Å². The number of carboxylic acid groups (broad SMARTS) is 1. The molecule has 0 unspecified atom stereocenters. The van der Waals surface area contributed by atoms with Gasteiger partial charge in [-0.25, -0.2) is 0 Å². The third-order valence-electron chi connectivity index (χ3n) is 3.51. The average molecular weight is 234 g/mol. The monoisotopic (exact) mass is 234 g/mol. The van der Waals surface area contributed by atoms with E-state index in [4.69, 9.17) is 5.11 Å². The first-order chi connectivity index (χ1) is 8.15. The Kier molecular flexibility index (Phi) is 3.79. The van der Waals surface area contributed by atoms with Gasteiger partial charge in [-0.05, 0) is 36.7 Å². The Morgan fingerprint density at radius 1 is 1.18 bits per heavy atom. The standard InChI is InChI=1S/C14H18O3/c15-13-7-10(8-14(16)17)6-12(9-13)11-4-2-1-3-5-11/h1-5,10,12-13,15H,6-9H2,(H,16,17)/t10-,12+,13-/m1/s1. The molecule has 1 aliphatic carbocycles. The van der Waals surface area contributed by atoms with Gasteiger partial charge < -0.3 is 10.2 Å². The van der Waals surface area contributed by atoms with E-state index in [1.807, 2.05) is 18.2 Å². The average Bonchev–Trinajstić information content (AvgIpc) is 2.28. The Morgan fingerprint density at radius 2 is 1.88 bits per heavy atom. The summed E-state index contributed by atoms with van der Waals surface area (Å²) in [7, 11) is 0. The van der Waals surface area contributed by atoms with Gasteiger partial charge in [-0.15, -0.1) is 0 Å². The van der Waals surface area contributed by atoms with Crippen molar-refractivity contribution in [1.29, 1.82) is 0 Å². The lowest BCUT2D eigenvalue weighted by Gasteiger charge is -2.32. The molecule has 3 atom stereocenters. The summed E-state index contributed by atoms with van der Waals surface area (Å²) in [5.41, 5.74) is 1.21. The maximum absolute atomic E-state index is 10.7. The summed E-state index contributed by atoms with van der Waals surface area (Å²) in [6.07, 6.45) is 2.04. The summed E-state index contributed by atoms with van der Waals surface area (Å²) in [6.45, 7) is 0. The summed E-state index contributed by atoms with van der Waals surface area (Å²) in [6, 6.07) is 10.1. The van der Waals surface area contributed by atoms with Crippen molar-refractivity contribution in [3.8, 4) is 0 Å². The van der Waals surface area contributed by atoms with Crippen LogP contribution in [0.5, 0.6) is 0 Å². The van der Waals surface area contributed by atoms with Gasteiger partial charge in [-0.3, -0.25) is 4.79 Å². The van der Waals surface area contributed by atoms with E-state index in [1.54, 1.807) is 0 Å². The molecular weight excluding hydrogens is 216 g/mol. The normalized spacial score (nSPS) is 28.9. The zero-order valence-corrected chi connectivity index (χ0v) is 9.75. The fourth-order valence-electron chi connectivity index (χ4n) is 2.82. The van der Waals surface area contributed by atoms with Crippen molar-refractivity contribution in [3.63, 3.8) is 0 Å². The van der Waals surface area contributed by atoms with Crippen molar-refractivity contribution in [2.75, 3.05) is 0 Å². The lowest BCUT2D eigenvalue weighted by atomic mass is 9.75. The van der Waals surface area contributed by atoms with Gasteiger partial charge in [0, 0.05) is 6.42 Å². The molecule has 3 nitrogen and oxygen atoms in total. The molecule has 0 aromatic heterocycles. The van der Waals surface area contributed by atoms with Crippen molar-refractivity contribution >= 4 is 5.97 Å². The number of carbonyl (C=O) groups is 1. The molecule has 1 saturated carbocycles. The van der Waals surface area contributed by atoms with E-state index < -0.39 is 5.97 Å². The van der Waals surface area contributed by atoms with Gasteiger partial charge in [0.25, 0.3) is 0 Å². The minimum atomic E-state index is -0.768.